The first-order valence-corrected chi connectivity index (χ1v) is 8.99. The Kier molecular flexibility index (Phi) is 6.18. The summed E-state index contributed by atoms with van der Waals surface area (Å²) in [5.74, 6) is 0.133. The Labute approximate surface area is 167 Å². The highest BCUT2D eigenvalue weighted by Gasteiger charge is 2.13. The van der Waals surface area contributed by atoms with E-state index in [4.69, 9.17) is 16.6 Å². The van der Waals surface area contributed by atoms with Crippen LogP contribution in [0.5, 0.6) is 0 Å². The number of aromatic carboxylic acids is 1. The van der Waals surface area contributed by atoms with Crippen LogP contribution in [0.2, 0.25) is 0 Å². The molecule has 3 rings (SSSR count). The van der Waals surface area contributed by atoms with E-state index >= 15 is 0 Å². The van der Waals surface area contributed by atoms with Crippen molar-refractivity contribution in [2.45, 2.75) is 13.5 Å². The van der Waals surface area contributed by atoms with Crippen molar-refractivity contribution in [3.05, 3.63) is 83.1 Å². The number of nitrogens with one attached hydrogen (secondary N) is 2. The molecule has 0 fully saturated rings. The van der Waals surface area contributed by atoms with Gasteiger partial charge in [-0.15, -0.1) is 0 Å². The van der Waals surface area contributed by atoms with E-state index in [1.165, 1.54) is 6.21 Å². The molecule has 3 N–H and O–H groups in total. The second-order valence-corrected chi connectivity index (χ2v) is 6.43. The van der Waals surface area contributed by atoms with Crippen LogP contribution in [0.4, 0.5) is 0 Å². The minimum atomic E-state index is -0.964. The topological polar surface area (TPSA) is 86.9 Å². The quantitative estimate of drug-likeness (QED) is 0.334. The average Bonchev–Trinajstić information content (AvgIpc) is 3.16. The molecule has 142 valence electrons. The van der Waals surface area contributed by atoms with E-state index in [-0.39, 0.29) is 5.56 Å². The fraction of sp³-hybridized carbons (Fsp3) is 0.0952. The van der Waals surface area contributed by atoms with Gasteiger partial charge in [-0.05, 0) is 48.5 Å². The molecule has 0 amide bonds. The third-order valence-corrected chi connectivity index (χ3v) is 4.35. The second kappa shape index (κ2) is 8.96. The number of furan rings is 1. The summed E-state index contributed by atoms with van der Waals surface area (Å²) in [4.78, 5) is 11.3. The zero-order valence-corrected chi connectivity index (χ0v) is 16.0. The average molecular weight is 393 g/mol. The molecule has 0 spiro atoms. The number of hydrazone groups is 1. The molecular weight excluding hydrogens is 374 g/mol. The number of hydrogen-bond acceptors (Lipinski definition) is 4. The Morgan fingerprint density at radius 3 is 2.68 bits per heavy atom. The predicted molar refractivity (Wildman–Crippen MR) is 112 cm³/mol. The van der Waals surface area contributed by atoms with E-state index in [0.717, 1.165) is 11.1 Å². The lowest BCUT2D eigenvalue weighted by molar-refractivity contribution is 0.0696. The molecule has 3 aromatic rings. The molecule has 0 aliphatic rings. The SMILES string of the molecule is Cc1c(C(=O)O)cccc1-c1ccc(/C=N/NC(=S)NCc2ccccc2)o1. The fourth-order valence-electron chi connectivity index (χ4n) is 2.67. The van der Waals surface area contributed by atoms with Crippen molar-refractivity contribution in [2.75, 3.05) is 0 Å². The monoisotopic (exact) mass is 393 g/mol. The molecule has 0 radical (unpaired) electrons. The minimum Gasteiger partial charge on any atom is -0.478 e. The first-order valence-electron chi connectivity index (χ1n) is 8.58. The second-order valence-electron chi connectivity index (χ2n) is 6.02. The van der Waals surface area contributed by atoms with Gasteiger partial charge in [0.15, 0.2) is 5.11 Å². The first-order chi connectivity index (χ1) is 13.5. The molecule has 0 bridgehead atoms. The number of rotatable bonds is 6. The number of carbonyl (C=O) groups is 1. The van der Waals surface area contributed by atoms with Gasteiger partial charge in [0.1, 0.15) is 11.5 Å². The molecule has 7 heteroatoms. The van der Waals surface area contributed by atoms with Crippen LogP contribution in [0, 0.1) is 6.92 Å². The minimum absolute atomic E-state index is 0.251. The number of nitrogens with zero attached hydrogens (tertiary/aromatic N) is 1. The summed E-state index contributed by atoms with van der Waals surface area (Å²) in [6.07, 6.45) is 1.51. The van der Waals surface area contributed by atoms with Gasteiger partial charge in [0.2, 0.25) is 0 Å². The van der Waals surface area contributed by atoms with Crippen LogP contribution in [0.3, 0.4) is 0 Å². The molecular formula is C21H19N3O3S. The summed E-state index contributed by atoms with van der Waals surface area (Å²) in [7, 11) is 0. The molecule has 0 aliphatic heterocycles. The molecule has 0 saturated heterocycles. The van der Waals surface area contributed by atoms with Crippen molar-refractivity contribution in [3.8, 4) is 11.3 Å². The maximum absolute atomic E-state index is 11.3. The van der Waals surface area contributed by atoms with Crippen LogP contribution in [0.15, 0.2) is 70.2 Å². The third-order valence-electron chi connectivity index (χ3n) is 4.11. The van der Waals surface area contributed by atoms with Crippen LogP contribution >= 0.6 is 12.2 Å². The number of carboxylic acid groups (broad SMARTS) is 1. The maximum Gasteiger partial charge on any atom is 0.335 e. The van der Waals surface area contributed by atoms with E-state index in [9.17, 15) is 9.90 Å². The molecule has 1 aromatic heterocycles. The van der Waals surface area contributed by atoms with Crippen molar-refractivity contribution in [1.29, 1.82) is 0 Å². The predicted octanol–water partition coefficient (Wildman–Crippen LogP) is 3.95. The largest absolute Gasteiger partial charge is 0.478 e. The van der Waals surface area contributed by atoms with E-state index in [1.54, 1.807) is 31.2 Å². The summed E-state index contributed by atoms with van der Waals surface area (Å²) in [6.45, 7) is 2.36. The summed E-state index contributed by atoms with van der Waals surface area (Å²) >= 11 is 5.18. The Hall–Kier alpha value is -3.45. The zero-order chi connectivity index (χ0) is 19.9. The third kappa shape index (κ3) is 4.83. The van der Waals surface area contributed by atoms with Crippen LogP contribution in [0.1, 0.15) is 27.2 Å². The van der Waals surface area contributed by atoms with Gasteiger partial charge in [-0.3, -0.25) is 5.43 Å². The zero-order valence-electron chi connectivity index (χ0n) is 15.2. The molecule has 6 nitrogen and oxygen atoms in total. The Bertz CT molecular complexity index is 1010. The van der Waals surface area contributed by atoms with E-state index in [2.05, 4.69) is 15.8 Å². The maximum atomic E-state index is 11.3. The summed E-state index contributed by atoms with van der Waals surface area (Å²) < 4.78 is 5.75. The number of thiocarbonyl (C=S) groups is 1. The number of hydrogen-bond donors (Lipinski definition) is 3. The number of benzene rings is 2. The van der Waals surface area contributed by atoms with Gasteiger partial charge in [0.25, 0.3) is 0 Å². The van der Waals surface area contributed by atoms with Crippen LogP contribution in [-0.2, 0) is 6.54 Å². The molecule has 0 aliphatic carbocycles. The summed E-state index contributed by atoms with van der Waals surface area (Å²) in [5, 5.41) is 16.8. The smallest absolute Gasteiger partial charge is 0.335 e. The fourth-order valence-corrected chi connectivity index (χ4v) is 2.80. The van der Waals surface area contributed by atoms with E-state index in [1.807, 2.05) is 36.4 Å². The normalized spacial score (nSPS) is 10.8. The van der Waals surface area contributed by atoms with Crippen LogP contribution in [-0.4, -0.2) is 22.4 Å². The Balaban J connectivity index is 1.59. The molecule has 2 aromatic carbocycles. The van der Waals surface area contributed by atoms with E-state index in [0.29, 0.717) is 28.7 Å². The van der Waals surface area contributed by atoms with Gasteiger partial charge in [0.05, 0.1) is 11.8 Å². The first kappa shape index (κ1) is 19.3. The van der Waals surface area contributed by atoms with Gasteiger partial charge >= 0.3 is 5.97 Å². The summed E-state index contributed by atoms with van der Waals surface area (Å²) in [5.41, 5.74) is 5.48. The lowest BCUT2D eigenvalue weighted by atomic mass is 10.0. The Morgan fingerprint density at radius 1 is 1.14 bits per heavy atom. The molecule has 28 heavy (non-hydrogen) atoms. The van der Waals surface area contributed by atoms with Crippen LogP contribution < -0.4 is 10.7 Å². The number of carboxylic acids is 1. The van der Waals surface area contributed by atoms with Gasteiger partial charge in [-0.2, -0.15) is 5.10 Å². The lowest BCUT2D eigenvalue weighted by Gasteiger charge is -2.06. The summed E-state index contributed by atoms with van der Waals surface area (Å²) in [6, 6.07) is 18.5. The molecule has 0 atom stereocenters. The highest BCUT2D eigenvalue weighted by molar-refractivity contribution is 7.80. The highest BCUT2D eigenvalue weighted by Crippen LogP contribution is 2.27. The van der Waals surface area contributed by atoms with Gasteiger partial charge in [-0.25, -0.2) is 4.79 Å². The van der Waals surface area contributed by atoms with Crippen molar-refractivity contribution in [1.82, 2.24) is 10.7 Å². The standard InChI is InChI=1S/C21H19N3O3S/c1-14-17(8-5-9-18(14)20(25)26)19-11-10-16(27-19)13-23-24-21(28)22-12-15-6-3-2-4-7-15/h2-11,13H,12H2,1H3,(H,25,26)(H2,22,24,28)/b23-13+. The Morgan fingerprint density at radius 2 is 1.93 bits per heavy atom. The van der Waals surface area contributed by atoms with E-state index < -0.39 is 5.97 Å². The highest BCUT2D eigenvalue weighted by atomic mass is 32.1. The van der Waals surface area contributed by atoms with Crippen molar-refractivity contribution in [3.63, 3.8) is 0 Å². The van der Waals surface area contributed by atoms with Crippen molar-refractivity contribution < 1.29 is 14.3 Å². The lowest BCUT2D eigenvalue weighted by Crippen LogP contribution is -2.31. The molecule has 1 heterocycles. The van der Waals surface area contributed by atoms with Gasteiger partial charge in [-0.1, -0.05) is 42.5 Å². The molecule has 0 saturated carbocycles. The molecule has 0 unspecified atom stereocenters. The van der Waals surface area contributed by atoms with Crippen molar-refractivity contribution >= 4 is 29.5 Å². The van der Waals surface area contributed by atoms with Gasteiger partial charge in [0, 0.05) is 12.1 Å². The van der Waals surface area contributed by atoms with Gasteiger partial charge < -0.3 is 14.8 Å². The van der Waals surface area contributed by atoms with Crippen LogP contribution in [0.25, 0.3) is 11.3 Å². The van der Waals surface area contributed by atoms with Crippen molar-refractivity contribution in [2.24, 2.45) is 5.10 Å².